The fourth-order valence-corrected chi connectivity index (χ4v) is 2.84. The second kappa shape index (κ2) is 8.53. The molecule has 1 heterocycles. The van der Waals surface area contributed by atoms with Crippen LogP contribution in [-0.2, 0) is 6.61 Å². The van der Waals surface area contributed by atoms with Crippen molar-refractivity contribution in [1.82, 2.24) is 14.9 Å². The van der Waals surface area contributed by atoms with E-state index in [1.165, 1.54) is 17.3 Å². The van der Waals surface area contributed by atoms with Gasteiger partial charge in [0.2, 0.25) is 0 Å². The van der Waals surface area contributed by atoms with Crippen LogP contribution in [0.1, 0.15) is 11.1 Å². The first-order valence-corrected chi connectivity index (χ1v) is 8.95. The van der Waals surface area contributed by atoms with Crippen molar-refractivity contribution in [2.24, 2.45) is 5.10 Å². The molecule has 2 aromatic carbocycles. The first-order chi connectivity index (χ1) is 12.6. The van der Waals surface area contributed by atoms with Crippen molar-refractivity contribution >= 4 is 45.3 Å². The molecule has 0 fully saturated rings. The van der Waals surface area contributed by atoms with Crippen LogP contribution in [-0.4, -0.2) is 28.2 Å². The van der Waals surface area contributed by atoms with Gasteiger partial charge in [0.1, 0.15) is 19.3 Å². The third-order valence-corrected chi connectivity index (χ3v) is 4.82. The minimum atomic E-state index is 0.327. The Balaban J connectivity index is 1.79. The molecule has 0 unspecified atom stereocenters. The quantitative estimate of drug-likeness (QED) is 0.500. The molecule has 3 aromatic rings. The summed E-state index contributed by atoms with van der Waals surface area (Å²) in [5.41, 5.74) is 1.72. The number of nitrogens with zero attached hydrogens (tertiary/aromatic N) is 4. The van der Waals surface area contributed by atoms with Crippen LogP contribution >= 0.6 is 39.1 Å². The third kappa shape index (κ3) is 4.55. The number of halogens is 3. The lowest BCUT2D eigenvalue weighted by molar-refractivity contribution is 0.284. The fourth-order valence-electron chi connectivity index (χ4n) is 2.10. The lowest BCUT2D eigenvalue weighted by atomic mass is 10.2. The van der Waals surface area contributed by atoms with Crippen molar-refractivity contribution in [3.8, 4) is 11.5 Å². The summed E-state index contributed by atoms with van der Waals surface area (Å²) in [6.07, 6.45) is 4.66. The van der Waals surface area contributed by atoms with E-state index in [-0.39, 0.29) is 0 Å². The van der Waals surface area contributed by atoms with Crippen LogP contribution in [0.25, 0.3) is 0 Å². The molecule has 134 valence electrons. The molecule has 3 rings (SSSR count). The maximum Gasteiger partial charge on any atom is 0.162 e. The van der Waals surface area contributed by atoms with Gasteiger partial charge in [-0.1, -0.05) is 29.3 Å². The summed E-state index contributed by atoms with van der Waals surface area (Å²) in [4.78, 5) is 0. The predicted molar refractivity (Wildman–Crippen MR) is 105 cm³/mol. The van der Waals surface area contributed by atoms with E-state index in [0.29, 0.717) is 28.2 Å². The van der Waals surface area contributed by atoms with E-state index in [2.05, 4.69) is 31.2 Å². The normalized spacial score (nSPS) is 11.1. The summed E-state index contributed by atoms with van der Waals surface area (Å²) >= 11 is 15.5. The number of benzene rings is 2. The van der Waals surface area contributed by atoms with Crippen LogP contribution in [0, 0.1) is 0 Å². The highest BCUT2D eigenvalue weighted by Gasteiger charge is 2.10. The van der Waals surface area contributed by atoms with Crippen molar-refractivity contribution in [1.29, 1.82) is 0 Å². The minimum Gasteiger partial charge on any atom is -0.493 e. The van der Waals surface area contributed by atoms with Crippen molar-refractivity contribution < 1.29 is 9.47 Å². The Morgan fingerprint density at radius 1 is 1.12 bits per heavy atom. The summed E-state index contributed by atoms with van der Waals surface area (Å²) in [7, 11) is 1.58. The highest BCUT2D eigenvalue weighted by molar-refractivity contribution is 9.10. The van der Waals surface area contributed by atoms with Gasteiger partial charge < -0.3 is 9.47 Å². The van der Waals surface area contributed by atoms with Gasteiger partial charge in [-0.05, 0) is 45.8 Å². The summed E-state index contributed by atoms with van der Waals surface area (Å²) in [5, 5.41) is 12.6. The summed E-state index contributed by atoms with van der Waals surface area (Å²) in [6.45, 7) is 0.327. The molecule has 0 bridgehead atoms. The Morgan fingerprint density at radius 2 is 1.88 bits per heavy atom. The van der Waals surface area contributed by atoms with Crippen molar-refractivity contribution in [2.45, 2.75) is 6.61 Å². The van der Waals surface area contributed by atoms with E-state index in [0.717, 1.165) is 15.6 Å². The van der Waals surface area contributed by atoms with Gasteiger partial charge in [0.15, 0.2) is 11.5 Å². The second-order valence-electron chi connectivity index (χ2n) is 5.15. The van der Waals surface area contributed by atoms with Crippen molar-refractivity contribution in [3.05, 3.63) is 68.6 Å². The first-order valence-electron chi connectivity index (χ1n) is 7.40. The Labute approximate surface area is 168 Å². The van der Waals surface area contributed by atoms with Gasteiger partial charge in [0.25, 0.3) is 0 Å². The molecule has 1 aromatic heterocycles. The van der Waals surface area contributed by atoms with Crippen LogP contribution in [0.3, 0.4) is 0 Å². The maximum absolute atomic E-state index is 6.03. The minimum absolute atomic E-state index is 0.327. The smallest absolute Gasteiger partial charge is 0.162 e. The Morgan fingerprint density at radius 3 is 2.58 bits per heavy atom. The number of methoxy groups -OCH3 is 1. The van der Waals surface area contributed by atoms with E-state index in [1.807, 2.05) is 18.2 Å². The van der Waals surface area contributed by atoms with E-state index in [9.17, 15) is 0 Å². The average Bonchev–Trinajstić information content (AvgIpc) is 3.15. The fraction of sp³-hybridized carbons (Fsp3) is 0.118. The van der Waals surface area contributed by atoms with Gasteiger partial charge in [-0.2, -0.15) is 5.10 Å². The molecule has 0 atom stereocenters. The van der Waals surface area contributed by atoms with Crippen LogP contribution in [0.2, 0.25) is 10.0 Å². The topological polar surface area (TPSA) is 61.5 Å². The van der Waals surface area contributed by atoms with Crippen LogP contribution in [0.4, 0.5) is 0 Å². The highest BCUT2D eigenvalue weighted by Crippen LogP contribution is 2.34. The highest BCUT2D eigenvalue weighted by atomic mass is 79.9. The lowest BCUT2D eigenvalue weighted by Gasteiger charge is -2.13. The Bertz CT molecular complexity index is 933. The van der Waals surface area contributed by atoms with E-state index in [4.69, 9.17) is 32.7 Å². The molecule has 0 spiro atoms. The van der Waals surface area contributed by atoms with Crippen LogP contribution < -0.4 is 9.47 Å². The second-order valence-corrected chi connectivity index (χ2v) is 6.82. The lowest BCUT2D eigenvalue weighted by Crippen LogP contribution is -1.99. The van der Waals surface area contributed by atoms with Gasteiger partial charge in [-0.15, -0.1) is 10.2 Å². The summed E-state index contributed by atoms with van der Waals surface area (Å²) < 4.78 is 13.6. The van der Waals surface area contributed by atoms with E-state index >= 15 is 0 Å². The van der Waals surface area contributed by atoms with Gasteiger partial charge >= 0.3 is 0 Å². The molecule has 0 aliphatic carbocycles. The average molecular weight is 456 g/mol. The zero-order valence-corrected chi connectivity index (χ0v) is 16.7. The van der Waals surface area contributed by atoms with Crippen LogP contribution in [0.5, 0.6) is 11.5 Å². The molecule has 0 radical (unpaired) electrons. The molecular formula is C17H13BrCl2N4O2. The third-order valence-electron chi connectivity index (χ3n) is 3.40. The maximum atomic E-state index is 6.03. The van der Waals surface area contributed by atoms with Crippen LogP contribution in [0.15, 0.2) is 52.6 Å². The number of ether oxygens (including phenoxy) is 2. The zero-order valence-electron chi connectivity index (χ0n) is 13.6. The predicted octanol–water partition coefficient (Wildman–Crippen LogP) is 4.82. The number of aromatic nitrogens is 3. The summed E-state index contributed by atoms with van der Waals surface area (Å²) in [6, 6.07) is 9.01. The molecule has 26 heavy (non-hydrogen) atoms. The van der Waals surface area contributed by atoms with Gasteiger partial charge in [-0.25, -0.2) is 4.68 Å². The Kier molecular flexibility index (Phi) is 6.13. The number of hydrogen-bond acceptors (Lipinski definition) is 5. The first kappa shape index (κ1) is 18.7. The molecule has 0 aliphatic rings. The number of rotatable bonds is 6. The molecule has 0 N–H and O–H groups in total. The molecule has 0 aliphatic heterocycles. The monoisotopic (exact) mass is 454 g/mol. The van der Waals surface area contributed by atoms with E-state index in [1.54, 1.807) is 25.5 Å². The van der Waals surface area contributed by atoms with Gasteiger partial charge in [0.05, 0.1) is 23.4 Å². The molecule has 0 saturated carbocycles. The zero-order chi connectivity index (χ0) is 18.5. The molecule has 0 saturated heterocycles. The molecular weight excluding hydrogens is 443 g/mol. The van der Waals surface area contributed by atoms with Gasteiger partial charge in [-0.3, -0.25) is 0 Å². The van der Waals surface area contributed by atoms with Crippen molar-refractivity contribution in [3.63, 3.8) is 0 Å². The standard InChI is InChI=1S/C17H13BrCl2N4O2/c1-25-16-5-12(7-23-24-9-21-22-10-24)13(18)6-17(16)26-8-11-2-3-14(19)15(20)4-11/h2-7,9-10H,8H2,1H3. The Hall–Kier alpha value is -2.09. The number of hydrogen-bond donors (Lipinski definition) is 0. The van der Waals surface area contributed by atoms with Crippen molar-refractivity contribution in [2.75, 3.05) is 7.11 Å². The molecule has 6 nitrogen and oxygen atoms in total. The molecule has 0 amide bonds. The van der Waals surface area contributed by atoms with E-state index < -0.39 is 0 Å². The molecule has 9 heteroatoms. The summed E-state index contributed by atoms with van der Waals surface area (Å²) in [5.74, 6) is 1.17. The SMILES string of the molecule is COc1cc(C=Nn2cnnc2)c(Br)cc1OCc1ccc(Cl)c(Cl)c1. The largest absolute Gasteiger partial charge is 0.493 e. The van der Waals surface area contributed by atoms with Gasteiger partial charge in [0, 0.05) is 10.0 Å².